The van der Waals surface area contributed by atoms with E-state index >= 15 is 0 Å². The largest absolute Gasteiger partial charge is 0.465 e. The molecule has 0 spiro atoms. The van der Waals surface area contributed by atoms with Gasteiger partial charge in [-0.2, -0.15) is 0 Å². The smallest absolute Gasteiger partial charge is 0.335 e. The maximum atomic E-state index is 12.1. The van der Waals surface area contributed by atoms with Gasteiger partial charge in [0, 0.05) is 5.92 Å². The van der Waals surface area contributed by atoms with E-state index in [1.54, 1.807) is 0 Å². The predicted molar refractivity (Wildman–Crippen MR) is 196 cm³/mol. The van der Waals surface area contributed by atoms with Crippen LogP contribution in [0.5, 0.6) is 0 Å². The summed E-state index contributed by atoms with van der Waals surface area (Å²) in [6.45, 7) is 9.37. The van der Waals surface area contributed by atoms with Crippen molar-refractivity contribution in [3.63, 3.8) is 0 Å². The molecule has 5 heteroatoms. The highest BCUT2D eigenvalue weighted by Gasteiger charge is 2.26. The Bertz CT molecular complexity index is 1710. The second-order valence-electron chi connectivity index (χ2n) is 14.2. The Labute approximate surface area is 286 Å². The van der Waals surface area contributed by atoms with E-state index < -0.39 is 12.6 Å². The summed E-state index contributed by atoms with van der Waals surface area (Å²) in [7, 11) is 0. The number of rotatable bonds is 15. The van der Waals surface area contributed by atoms with E-state index in [9.17, 15) is 14.7 Å². The first-order valence-corrected chi connectivity index (χ1v) is 17.9. The highest BCUT2D eigenvalue weighted by atomic mass is 16.5. The zero-order valence-electron chi connectivity index (χ0n) is 29.0. The summed E-state index contributed by atoms with van der Waals surface area (Å²) in [5, 5.41) is 14.3. The molecule has 1 aliphatic rings. The number of aliphatic hydroxyl groups excluding tert-OH is 1. The molecular formula is C43H52O5. The Kier molecular flexibility index (Phi) is 12.5. The third-order valence-corrected chi connectivity index (χ3v) is 10.0. The molecule has 4 aromatic carbocycles. The molecule has 1 N–H and O–H groups in total. The van der Waals surface area contributed by atoms with Crippen molar-refractivity contribution in [2.24, 2.45) is 23.7 Å². The molecule has 0 heterocycles. The van der Waals surface area contributed by atoms with Crippen LogP contribution in [0.1, 0.15) is 76.8 Å². The number of hydrogen-bond acceptors (Lipinski definition) is 5. The van der Waals surface area contributed by atoms with Gasteiger partial charge in [-0.15, -0.1) is 0 Å². The van der Waals surface area contributed by atoms with E-state index in [1.165, 1.54) is 69.5 Å². The monoisotopic (exact) mass is 648 g/mol. The first kappa shape index (κ1) is 35.3. The lowest BCUT2D eigenvalue weighted by Crippen LogP contribution is -2.26. The summed E-state index contributed by atoms with van der Waals surface area (Å²) in [5.74, 6) is 0.110. The molecule has 1 unspecified atom stereocenters. The molecule has 48 heavy (non-hydrogen) atoms. The highest BCUT2D eigenvalue weighted by Crippen LogP contribution is 2.36. The molecule has 1 saturated carbocycles. The van der Waals surface area contributed by atoms with E-state index in [2.05, 4.69) is 86.3 Å². The second kappa shape index (κ2) is 16.9. The van der Waals surface area contributed by atoms with Crippen LogP contribution in [-0.4, -0.2) is 36.9 Å². The lowest BCUT2D eigenvalue weighted by Gasteiger charge is -2.31. The van der Waals surface area contributed by atoms with Crippen LogP contribution in [0.25, 0.3) is 32.7 Å². The van der Waals surface area contributed by atoms with Gasteiger partial charge in [-0.25, -0.2) is 4.79 Å². The fourth-order valence-corrected chi connectivity index (χ4v) is 7.06. The molecule has 1 aliphatic carbocycles. The Morgan fingerprint density at radius 1 is 0.750 bits per heavy atom. The van der Waals surface area contributed by atoms with Gasteiger partial charge in [0.05, 0.1) is 31.3 Å². The van der Waals surface area contributed by atoms with Gasteiger partial charge in [0.2, 0.25) is 0 Å². The molecule has 4 aromatic rings. The van der Waals surface area contributed by atoms with Gasteiger partial charge in [-0.1, -0.05) is 120 Å². The second-order valence-corrected chi connectivity index (χ2v) is 14.2. The molecule has 0 aromatic heterocycles. The van der Waals surface area contributed by atoms with Crippen LogP contribution < -0.4 is 0 Å². The first-order valence-electron chi connectivity index (χ1n) is 17.9. The van der Waals surface area contributed by atoms with Crippen molar-refractivity contribution in [3.8, 4) is 11.1 Å². The molecule has 0 bridgehead atoms. The van der Waals surface area contributed by atoms with Crippen LogP contribution in [0.3, 0.4) is 0 Å². The normalized spacial score (nSPS) is 17.0. The fraction of sp³-hybridized carbons (Fsp3) is 0.442. The van der Waals surface area contributed by atoms with E-state index in [0.29, 0.717) is 11.8 Å². The van der Waals surface area contributed by atoms with Crippen molar-refractivity contribution >= 4 is 33.5 Å². The Morgan fingerprint density at radius 2 is 1.27 bits per heavy atom. The quantitative estimate of drug-likeness (QED) is 0.103. The Balaban J connectivity index is 1.12. The zero-order chi connectivity index (χ0) is 34.0. The average molecular weight is 649 g/mol. The average Bonchev–Trinajstić information content (AvgIpc) is 3.11. The number of esters is 2. The van der Waals surface area contributed by atoms with Gasteiger partial charge in [0.15, 0.2) is 0 Å². The number of carbonyl (C=O) groups is 2. The fourth-order valence-electron chi connectivity index (χ4n) is 7.06. The third-order valence-electron chi connectivity index (χ3n) is 10.0. The van der Waals surface area contributed by atoms with Crippen LogP contribution in [0, 0.1) is 23.7 Å². The minimum absolute atomic E-state index is 0.0336. The number of aliphatic hydroxyl groups is 1. The van der Waals surface area contributed by atoms with E-state index in [1.807, 2.05) is 13.8 Å². The van der Waals surface area contributed by atoms with Gasteiger partial charge in [0.1, 0.15) is 0 Å². The molecule has 1 atom stereocenters. The summed E-state index contributed by atoms with van der Waals surface area (Å²) in [5.41, 5.74) is 5.34. The maximum Gasteiger partial charge on any atom is 0.335 e. The van der Waals surface area contributed by atoms with Gasteiger partial charge in [-0.05, 0) is 93.5 Å². The van der Waals surface area contributed by atoms with Crippen molar-refractivity contribution in [1.82, 2.24) is 0 Å². The number of fused-ring (bicyclic) bond motifs is 2. The molecule has 5 nitrogen and oxygen atoms in total. The molecule has 254 valence electrons. The van der Waals surface area contributed by atoms with Crippen LogP contribution in [0.4, 0.5) is 0 Å². The zero-order valence-corrected chi connectivity index (χ0v) is 29.0. The van der Waals surface area contributed by atoms with Gasteiger partial charge < -0.3 is 14.6 Å². The Hall–Kier alpha value is -3.96. The van der Waals surface area contributed by atoms with E-state index in [0.717, 1.165) is 32.1 Å². The van der Waals surface area contributed by atoms with Crippen LogP contribution in [-0.2, 0) is 31.9 Å². The van der Waals surface area contributed by atoms with Crippen LogP contribution >= 0.6 is 0 Å². The molecule has 5 rings (SSSR count). The molecule has 0 radical (unpaired) electrons. The van der Waals surface area contributed by atoms with E-state index in [4.69, 9.17) is 9.47 Å². The van der Waals surface area contributed by atoms with Crippen molar-refractivity contribution in [2.45, 2.75) is 78.6 Å². The summed E-state index contributed by atoms with van der Waals surface area (Å²) in [4.78, 5) is 24.2. The topological polar surface area (TPSA) is 72.8 Å². The van der Waals surface area contributed by atoms with Crippen molar-refractivity contribution in [1.29, 1.82) is 0 Å². The lowest BCUT2D eigenvalue weighted by molar-refractivity contribution is -0.150. The van der Waals surface area contributed by atoms with Crippen molar-refractivity contribution < 1.29 is 24.2 Å². The predicted octanol–water partition coefficient (Wildman–Crippen LogP) is 9.65. The van der Waals surface area contributed by atoms with E-state index in [-0.39, 0.29) is 36.6 Å². The van der Waals surface area contributed by atoms with Gasteiger partial charge >= 0.3 is 11.9 Å². The standard InChI is InChI=1S/C43H52O5/c1-5-6-32-13-15-38-24-40(19-17-36(38)22-32)41-20-18-37-23-34(14-16-39(37)25-41)12-9-31-7-10-33(11-8-31)21-35(27-47-42(45)29(2)3)28-48-43(46)30(4)26-44/h13-20,22-25,29,31,33,35,44H,4-12,21,26-28H2,1-3H3. The van der Waals surface area contributed by atoms with Crippen LogP contribution in [0.2, 0.25) is 0 Å². The molecule has 0 saturated heterocycles. The molecular weight excluding hydrogens is 596 g/mol. The maximum absolute atomic E-state index is 12.1. The SMILES string of the molecule is C=C(CO)C(=O)OCC(COC(=O)C(C)C)CC1CCC(CCc2ccc3cc(-c4ccc5cc(CCC)ccc5c4)ccc3c2)CC1. The number of hydrogen-bond donors (Lipinski definition) is 1. The first-order chi connectivity index (χ1) is 23.2. The molecule has 0 amide bonds. The number of ether oxygens (including phenoxy) is 2. The number of aryl methyl sites for hydroxylation is 2. The minimum Gasteiger partial charge on any atom is -0.465 e. The summed E-state index contributed by atoms with van der Waals surface area (Å²) >= 11 is 0. The van der Waals surface area contributed by atoms with Crippen LogP contribution in [0.15, 0.2) is 84.9 Å². The molecule has 1 fully saturated rings. The summed E-state index contributed by atoms with van der Waals surface area (Å²) < 4.78 is 10.9. The summed E-state index contributed by atoms with van der Waals surface area (Å²) in [6, 6.07) is 27.4. The third kappa shape index (κ3) is 9.56. The number of benzene rings is 4. The van der Waals surface area contributed by atoms with Crippen molar-refractivity contribution in [3.05, 3.63) is 96.1 Å². The molecule has 0 aliphatic heterocycles. The van der Waals surface area contributed by atoms with Gasteiger partial charge in [0.25, 0.3) is 0 Å². The highest BCUT2D eigenvalue weighted by molar-refractivity contribution is 5.92. The minimum atomic E-state index is -0.596. The lowest BCUT2D eigenvalue weighted by atomic mass is 9.76. The summed E-state index contributed by atoms with van der Waals surface area (Å²) in [6.07, 6.45) is 10.0. The number of carbonyl (C=O) groups excluding carboxylic acids is 2. The Morgan fingerprint density at radius 3 is 1.83 bits per heavy atom. The van der Waals surface area contributed by atoms with Gasteiger partial charge in [-0.3, -0.25) is 4.79 Å². The van der Waals surface area contributed by atoms with Crippen molar-refractivity contribution in [2.75, 3.05) is 19.8 Å².